The zero-order valence-electron chi connectivity index (χ0n) is 12.4. The lowest BCUT2D eigenvalue weighted by molar-refractivity contribution is 0.0297. The lowest BCUT2D eigenvalue weighted by atomic mass is 9.99. The highest BCUT2D eigenvalue weighted by atomic mass is 35.5. The van der Waals surface area contributed by atoms with Gasteiger partial charge in [-0.3, -0.25) is 9.80 Å². The molecule has 2 heterocycles. The molecular formula is C16H23Cl2N3. The van der Waals surface area contributed by atoms with E-state index in [-0.39, 0.29) is 6.04 Å². The minimum absolute atomic E-state index is 0.101. The zero-order chi connectivity index (χ0) is 15.0. The molecular weight excluding hydrogens is 305 g/mol. The molecule has 3 unspecified atom stereocenters. The van der Waals surface area contributed by atoms with Crippen LogP contribution in [0.4, 0.5) is 0 Å². The van der Waals surface area contributed by atoms with Gasteiger partial charge in [0.25, 0.3) is 0 Å². The Labute approximate surface area is 137 Å². The summed E-state index contributed by atoms with van der Waals surface area (Å²) in [6.07, 6.45) is 2.60. The molecule has 0 spiro atoms. The molecule has 0 bridgehead atoms. The average Bonchev–Trinajstić information content (AvgIpc) is 2.89. The minimum atomic E-state index is 0.101. The standard InChI is InChI=1S/C16H23Cl2N3/c1-11-9-20-7-3-4-12(20)10-21(11)15(8-19)16-13(17)5-2-6-14(16)18/h2,5-6,11-12,15H,3-4,7-10,19H2,1H3. The van der Waals surface area contributed by atoms with Crippen LogP contribution in [0.25, 0.3) is 0 Å². The van der Waals surface area contributed by atoms with E-state index in [1.54, 1.807) is 0 Å². The van der Waals surface area contributed by atoms with Gasteiger partial charge < -0.3 is 5.73 Å². The minimum Gasteiger partial charge on any atom is -0.329 e. The lowest BCUT2D eigenvalue weighted by Crippen LogP contribution is -2.56. The second kappa shape index (κ2) is 6.43. The fourth-order valence-electron chi connectivity index (χ4n) is 3.89. The normalized spacial score (nSPS) is 28.6. The first-order chi connectivity index (χ1) is 10.1. The second-order valence-corrected chi connectivity index (χ2v) is 7.04. The summed E-state index contributed by atoms with van der Waals surface area (Å²) in [6.45, 7) is 6.24. The van der Waals surface area contributed by atoms with Crippen molar-refractivity contribution in [2.24, 2.45) is 5.73 Å². The van der Waals surface area contributed by atoms with Crippen LogP contribution < -0.4 is 5.73 Å². The van der Waals surface area contributed by atoms with Gasteiger partial charge in [0.2, 0.25) is 0 Å². The maximum absolute atomic E-state index is 6.40. The number of fused-ring (bicyclic) bond motifs is 1. The molecule has 0 aliphatic carbocycles. The smallest absolute Gasteiger partial charge is 0.0504 e. The first-order valence-corrected chi connectivity index (χ1v) is 8.51. The first-order valence-electron chi connectivity index (χ1n) is 7.75. The van der Waals surface area contributed by atoms with Gasteiger partial charge >= 0.3 is 0 Å². The fourth-order valence-corrected chi connectivity index (χ4v) is 4.54. The zero-order valence-corrected chi connectivity index (χ0v) is 13.9. The average molecular weight is 328 g/mol. The van der Waals surface area contributed by atoms with Crippen molar-refractivity contribution in [1.82, 2.24) is 9.80 Å². The molecule has 116 valence electrons. The topological polar surface area (TPSA) is 32.5 Å². The van der Waals surface area contributed by atoms with Gasteiger partial charge in [-0.15, -0.1) is 0 Å². The molecule has 3 atom stereocenters. The summed E-state index contributed by atoms with van der Waals surface area (Å²) in [5, 5.41) is 1.44. The van der Waals surface area contributed by atoms with E-state index in [1.807, 2.05) is 18.2 Å². The first kappa shape index (κ1) is 15.6. The Hall–Kier alpha value is -0.320. The number of nitrogens with two attached hydrogens (primary N) is 1. The molecule has 21 heavy (non-hydrogen) atoms. The molecule has 2 aliphatic heterocycles. The summed E-state index contributed by atoms with van der Waals surface area (Å²) in [6, 6.07) is 6.94. The van der Waals surface area contributed by atoms with E-state index in [9.17, 15) is 0 Å². The number of rotatable bonds is 3. The van der Waals surface area contributed by atoms with Gasteiger partial charge in [0.05, 0.1) is 6.04 Å². The predicted octanol–water partition coefficient (Wildman–Crippen LogP) is 3.16. The van der Waals surface area contributed by atoms with E-state index in [0.717, 1.165) is 28.7 Å². The van der Waals surface area contributed by atoms with E-state index in [2.05, 4.69) is 16.7 Å². The quantitative estimate of drug-likeness (QED) is 0.925. The van der Waals surface area contributed by atoms with Gasteiger partial charge in [0.15, 0.2) is 0 Å². The molecule has 2 saturated heterocycles. The Morgan fingerprint density at radius 3 is 2.67 bits per heavy atom. The maximum Gasteiger partial charge on any atom is 0.0504 e. The van der Waals surface area contributed by atoms with E-state index in [4.69, 9.17) is 28.9 Å². The molecule has 0 amide bonds. The summed E-state index contributed by atoms with van der Waals surface area (Å²) >= 11 is 12.8. The molecule has 5 heteroatoms. The summed E-state index contributed by atoms with van der Waals surface area (Å²) in [5.74, 6) is 0. The third kappa shape index (κ3) is 2.95. The van der Waals surface area contributed by atoms with Crippen molar-refractivity contribution in [2.45, 2.75) is 37.9 Å². The molecule has 2 N–H and O–H groups in total. The number of nitrogens with zero attached hydrogens (tertiary/aromatic N) is 2. The highest BCUT2D eigenvalue weighted by molar-refractivity contribution is 6.36. The van der Waals surface area contributed by atoms with Crippen LogP contribution in [0.1, 0.15) is 31.4 Å². The lowest BCUT2D eigenvalue weighted by Gasteiger charge is -2.46. The van der Waals surface area contributed by atoms with Crippen molar-refractivity contribution in [3.8, 4) is 0 Å². The van der Waals surface area contributed by atoms with Gasteiger partial charge in [-0.25, -0.2) is 0 Å². The van der Waals surface area contributed by atoms with Gasteiger partial charge in [-0.05, 0) is 38.4 Å². The largest absolute Gasteiger partial charge is 0.329 e. The fraction of sp³-hybridized carbons (Fsp3) is 0.625. The van der Waals surface area contributed by atoms with Crippen molar-refractivity contribution < 1.29 is 0 Å². The van der Waals surface area contributed by atoms with E-state index in [1.165, 1.54) is 19.4 Å². The summed E-state index contributed by atoms with van der Waals surface area (Å²) in [4.78, 5) is 5.11. The highest BCUT2D eigenvalue weighted by Crippen LogP contribution is 2.37. The number of hydrogen-bond acceptors (Lipinski definition) is 3. The molecule has 0 saturated carbocycles. The molecule has 2 aliphatic rings. The molecule has 1 aromatic rings. The molecule has 3 nitrogen and oxygen atoms in total. The predicted molar refractivity (Wildman–Crippen MR) is 89.0 cm³/mol. The SMILES string of the molecule is CC1CN2CCCC2CN1C(CN)c1c(Cl)cccc1Cl. The van der Waals surface area contributed by atoms with Gasteiger partial charge in [-0.2, -0.15) is 0 Å². The van der Waals surface area contributed by atoms with Crippen LogP contribution in [0.3, 0.4) is 0 Å². The van der Waals surface area contributed by atoms with Crippen molar-refractivity contribution in [3.05, 3.63) is 33.8 Å². The number of hydrogen-bond donors (Lipinski definition) is 1. The molecule has 1 aromatic carbocycles. The highest BCUT2D eigenvalue weighted by Gasteiger charge is 2.38. The monoisotopic (exact) mass is 327 g/mol. The van der Waals surface area contributed by atoms with Crippen LogP contribution in [0.2, 0.25) is 10.0 Å². The number of benzene rings is 1. The van der Waals surface area contributed by atoms with Crippen molar-refractivity contribution in [1.29, 1.82) is 0 Å². The van der Waals surface area contributed by atoms with E-state index >= 15 is 0 Å². The Balaban J connectivity index is 1.89. The summed E-state index contributed by atoms with van der Waals surface area (Å²) < 4.78 is 0. The Morgan fingerprint density at radius 2 is 2.00 bits per heavy atom. The van der Waals surface area contributed by atoms with E-state index < -0.39 is 0 Å². The second-order valence-electron chi connectivity index (χ2n) is 6.22. The summed E-state index contributed by atoms with van der Waals surface area (Å²) in [7, 11) is 0. The van der Waals surface area contributed by atoms with Crippen molar-refractivity contribution >= 4 is 23.2 Å². The van der Waals surface area contributed by atoms with Gasteiger partial charge in [-0.1, -0.05) is 29.3 Å². The molecule has 2 fully saturated rings. The Kier molecular flexibility index (Phi) is 4.77. The maximum atomic E-state index is 6.40. The molecule has 3 rings (SSSR count). The van der Waals surface area contributed by atoms with Crippen molar-refractivity contribution in [2.75, 3.05) is 26.2 Å². The van der Waals surface area contributed by atoms with Crippen LogP contribution in [-0.4, -0.2) is 48.1 Å². The van der Waals surface area contributed by atoms with Crippen LogP contribution in [-0.2, 0) is 0 Å². The molecule has 0 radical (unpaired) electrons. The summed E-state index contributed by atoms with van der Waals surface area (Å²) in [5.41, 5.74) is 7.09. The van der Waals surface area contributed by atoms with Crippen LogP contribution in [0, 0.1) is 0 Å². The third-order valence-electron chi connectivity index (χ3n) is 4.94. The Morgan fingerprint density at radius 1 is 1.29 bits per heavy atom. The van der Waals surface area contributed by atoms with Crippen LogP contribution in [0.15, 0.2) is 18.2 Å². The third-order valence-corrected chi connectivity index (χ3v) is 5.60. The molecule has 0 aromatic heterocycles. The number of halogens is 2. The van der Waals surface area contributed by atoms with Gasteiger partial charge in [0.1, 0.15) is 0 Å². The number of piperazine rings is 1. The van der Waals surface area contributed by atoms with E-state index in [0.29, 0.717) is 18.6 Å². The van der Waals surface area contributed by atoms with Gasteiger partial charge in [0, 0.05) is 47.3 Å². The Bertz CT molecular complexity index is 488. The van der Waals surface area contributed by atoms with Crippen LogP contribution >= 0.6 is 23.2 Å². The van der Waals surface area contributed by atoms with Crippen LogP contribution in [0.5, 0.6) is 0 Å². The van der Waals surface area contributed by atoms with Crippen molar-refractivity contribution in [3.63, 3.8) is 0 Å².